The normalized spacial score (nSPS) is 11.8. The van der Waals surface area contributed by atoms with Crippen LogP contribution in [0, 0.1) is 0 Å². The molecule has 0 saturated heterocycles. The van der Waals surface area contributed by atoms with E-state index in [1.165, 1.54) is 22.9 Å². The number of hydrogen-bond acceptors (Lipinski definition) is 3. The summed E-state index contributed by atoms with van der Waals surface area (Å²) in [5, 5.41) is 24.4. The summed E-state index contributed by atoms with van der Waals surface area (Å²) in [5.74, 6) is -0.385. The molecule has 4 aromatic rings. The number of benzene rings is 3. The molecular weight excluding hydrogens is 369 g/mol. The SMILES string of the molecule is Oc1ccc(-c2c3cccc(C(F)(F)F)c3nn2Cc2ccccc2)c(O)c1. The molecule has 0 atom stereocenters. The van der Waals surface area contributed by atoms with Gasteiger partial charge >= 0.3 is 6.18 Å². The van der Waals surface area contributed by atoms with Gasteiger partial charge in [-0.15, -0.1) is 0 Å². The zero-order valence-electron chi connectivity index (χ0n) is 14.5. The van der Waals surface area contributed by atoms with Gasteiger partial charge in [0.1, 0.15) is 17.0 Å². The number of fused-ring (bicyclic) bond motifs is 1. The standard InChI is InChI=1S/C21H15F3N2O2/c22-21(23,24)17-8-4-7-16-19(17)25-26(12-13-5-2-1-3-6-13)20(16)15-10-9-14(27)11-18(15)28/h1-11,27-28H,12H2. The predicted octanol–water partition coefficient (Wildman–Crippen LogP) is 5.18. The first-order valence-electron chi connectivity index (χ1n) is 8.47. The predicted molar refractivity (Wildman–Crippen MR) is 99.0 cm³/mol. The maximum absolute atomic E-state index is 13.5. The zero-order valence-corrected chi connectivity index (χ0v) is 14.5. The van der Waals surface area contributed by atoms with E-state index >= 15 is 0 Å². The molecule has 0 unspecified atom stereocenters. The minimum absolute atomic E-state index is 0.143. The third-order valence-corrected chi connectivity index (χ3v) is 4.49. The van der Waals surface area contributed by atoms with E-state index in [0.717, 1.165) is 17.7 Å². The van der Waals surface area contributed by atoms with E-state index in [1.54, 1.807) is 6.07 Å². The molecule has 0 aliphatic carbocycles. The number of phenols is 2. The van der Waals surface area contributed by atoms with Gasteiger partial charge in [0.15, 0.2) is 0 Å². The van der Waals surface area contributed by atoms with E-state index in [1.807, 2.05) is 30.3 Å². The van der Waals surface area contributed by atoms with Gasteiger partial charge in [-0.05, 0) is 23.8 Å². The summed E-state index contributed by atoms with van der Waals surface area (Å²) in [7, 11) is 0. The topological polar surface area (TPSA) is 58.3 Å². The molecule has 3 aromatic carbocycles. The van der Waals surface area contributed by atoms with Crippen LogP contribution in [0.2, 0.25) is 0 Å². The number of hydrogen-bond donors (Lipinski definition) is 2. The number of rotatable bonds is 3. The van der Waals surface area contributed by atoms with Crippen molar-refractivity contribution >= 4 is 10.9 Å². The molecule has 0 radical (unpaired) electrons. The fourth-order valence-electron chi connectivity index (χ4n) is 3.26. The van der Waals surface area contributed by atoms with Crippen LogP contribution in [0.5, 0.6) is 11.5 Å². The van der Waals surface area contributed by atoms with Crippen molar-refractivity contribution in [3.8, 4) is 22.8 Å². The first-order chi connectivity index (χ1) is 13.3. The Morgan fingerprint density at radius 1 is 0.893 bits per heavy atom. The van der Waals surface area contributed by atoms with Crippen molar-refractivity contribution in [3.63, 3.8) is 0 Å². The van der Waals surface area contributed by atoms with E-state index in [4.69, 9.17) is 0 Å². The van der Waals surface area contributed by atoms with Crippen LogP contribution in [0.4, 0.5) is 13.2 Å². The Bertz CT molecular complexity index is 1150. The van der Waals surface area contributed by atoms with Gasteiger partial charge in [0.05, 0.1) is 17.8 Å². The van der Waals surface area contributed by atoms with E-state index in [9.17, 15) is 23.4 Å². The average molecular weight is 384 g/mol. The fraction of sp³-hybridized carbons (Fsp3) is 0.0952. The highest BCUT2D eigenvalue weighted by molar-refractivity contribution is 5.96. The van der Waals surface area contributed by atoms with Gasteiger partial charge < -0.3 is 10.2 Å². The molecule has 0 aliphatic rings. The summed E-state index contributed by atoms with van der Waals surface area (Å²) in [6.07, 6.45) is -4.56. The maximum atomic E-state index is 13.5. The van der Waals surface area contributed by atoms with Crippen molar-refractivity contribution < 1.29 is 23.4 Å². The van der Waals surface area contributed by atoms with E-state index in [2.05, 4.69) is 5.10 Å². The van der Waals surface area contributed by atoms with Crippen LogP contribution in [-0.4, -0.2) is 20.0 Å². The molecule has 4 rings (SSSR count). The van der Waals surface area contributed by atoms with Gasteiger partial charge in [-0.1, -0.05) is 42.5 Å². The first kappa shape index (κ1) is 17.9. The van der Waals surface area contributed by atoms with Gasteiger partial charge in [-0.2, -0.15) is 18.3 Å². The quantitative estimate of drug-likeness (QED) is 0.512. The number of aromatic nitrogens is 2. The lowest BCUT2D eigenvalue weighted by atomic mass is 10.0. The van der Waals surface area contributed by atoms with Gasteiger partial charge in [0, 0.05) is 17.0 Å². The Morgan fingerprint density at radius 3 is 2.32 bits per heavy atom. The van der Waals surface area contributed by atoms with Gasteiger partial charge in [0.25, 0.3) is 0 Å². The summed E-state index contributed by atoms with van der Waals surface area (Å²) in [6, 6.07) is 17.0. The molecule has 0 bridgehead atoms. The highest BCUT2D eigenvalue weighted by Gasteiger charge is 2.34. The average Bonchev–Trinajstić information content (AvgIpc) is 2.99. The van der Waals surface area contributed by atoms with Crippen LogP contribution in [0.1, 0.15) is 11.1 Å². The molecule has 0 spiro atoms. The number of phenolic OH excluding ortho intramolecular Hbond substituents is 2. The van der Waals surface area contributed by atoms with Crippen molar-refractivity contribution in [2.45, 2.75) is 12.7 Å². The summed E-state index contributed by atoms with van der Waals surface area (Å²) in [6.45, 7) is 0.225. The second-order valence-corrected chi connectivity index (χ2v) is 6.39. The van der Waals surface area contributed by atoms with E-state index in [-0.39, 0.29) is 34.5 Å². The van der Waals surface area contributed by atoms with Crippen molar-refractivity contribution in [3.05, 3.63) is 77.9 Å². The van der Waals surface area contributed by atoms with E-state index in [0.29, 0.717) is 5.69 Å². The minimum Gasteiger partial charge on any atom is -0.508 e. The first-order valence-corrected chi connectivity index (χ1v) is 8.47. The Kier molecular flexibility index (Phi) is 4.22. The molecule has 0 saturated carbocycles. The van der Waals surface area contributed by atoms with Crippen molar-refractivity contribution in [2.75, 3.05) is 0 Å². The second-order valence-electron chi connectivity index (χ2n) is 6.39. The van der Waals surface area contributed by atoms with Crippen LogP contribution in [-0.2, 0) is 12.7 Å². The molecule has 7 heteroatoms. The Labute approximate surface area is 158 Å². The highest BCUT2D eigenvalue weighted by atomic mass is 19.4. The van der Waals surface area contributed by atoms with Crippen LogP contribution in [0.25, 0.3) is 22.2 Å². The van der Waals surface area contributed by atoms with Crippen LogP contribution < -0.4 is 0 Å². The van der Waals surface area contributed by atoms with Gasteiger partial charge in [0.2, 0.25) is 0 Å². The molecule has 0 aliphatic heterocycles. The lowest BCUT2D eigenvalue weighted by Crippen LogP contribution is -2.06. The summed E-state index contributed by atoms with van der Waals surface area (Å²) in [4.78, 5) is 0. The number of halogens is 3. The number of nitrogens with zero attached hydrogens (tertiary/aromatic N) is 2. The molecular formula is C21H15F3N2O2. The minimum atomic E-state index is -4.56. The van der Waals surface area contributed by atoms with Gasteiger partial charge in [-0.25, -0.2) is 0 Å². The Morgan fingerprint density at radius 2 is 1.64 bits per heavy atom. The van der Waals surface area contributed by atoms with Crippen molar-refractivity contribution in [1.29, 1.82) is 0 Å². The Hall–Kier alpha value is -3.48. The number of aromatic hydroxyl groups is 2. The van der Waals surface area contributed by atoms with Crippen LogP contribution in [0.3, 0.4) is 0 Å². The molecule has 0 amide bonds. The van der Waals surface area contributed by atoms with Crippen LogP contribution in [0.15, 0.2) is 66.7 Å². The fourth-order valence-corrected chi connectivity index (χ4v) is 3.26. The molecule has 0 fully saturated rings. The zero-order chi connectivity index (χ0) is 19.9. The molecule has 142 valence electrons. The number of alkyl halides is 3. The largest absolute Gasteiger partial charge is 0.508 e. The highest BCUT2D eigenvalue weighted by Crippen LogP contribution is 2.41. The smallest absolute Gasteiger partial charge is 0.418 e. The summed E-state index contributed by atoms with van der Waals surface area (Å²) < 4.78 is 41.9. The molecule has 4 nitrogen and oxygen atoms in total. The lowest BCUT2D eigenvalue weighted by molar-refractivity contribution is -0.136. The molecule has 1 heterocycles. The molecule has 2 N–H and O–H groups in total. The van der Waals surface area contributed by atoms with Crippen molar-refractivity contribution in [1.82, 2.24) is 9.78 Å². The van der Waals surface area contributed by atoms with Gasteiger partial charge in [-0.3, -0.25) is 4.68 Å². The lowest BCUT2D eigenvalue weighted by Gasteiger charge is -2.10. The van der Waals surface area contributed by atoms with E-state index < -0.39 is 11.7 Å². The van der Waals surface area contributed by atoms with Crippen LogP contribution >= 0.6 is 0 Å². The van der Waals surface area contributed by atoms with Crippen molar-refractivity contribution in [2.24, 2.45) is 0 Å². The second kappa shape index (κ2) is 6.60. The third-order valence-electron chi connectivity index (χ3n) is 4.49. The molecule has 28 heavy (non-hydrogen) atoms. The monoisotopic (exact) mass is 384 g/mol. The maximum Gasteiger partial charge on any atom is 0.418 e. The third kappa shape index (κ3) is 3.15. The Balaban J connectivity index is 2.01. The molecule has 1 aromatic heterocycles. The summed E-state index contributed by atoms with van der Waals surface area (Å²) in [5.41, 5.74) is 0.464. The summed E-state index contributed by atoms with van der Waals surface area (Å²) >= 11 is 0.